The summed E-state index contributed by atoms with van der Waals surface area (Å²) in [5.74, 6) is 0. The summed E-state index contributed by atoms with van der Waals surface area (Å²) in [4.78, 5) is 0. The van der Waals surface area contributed by atoms with Crippen molar-refractivity contribution in [3.63, 3.8) is 0 Å². The Kier molecular flexibility index (Phi) is 1.48. The zero-order valence-corrected chi connectivity index (χ0v) is 5.04. The van der Waals surface area contributed by atoms with Crippen molar-refractivity contribution in [2.45, 2.75) is 0 Å². The summed E-state index contributed by atoms with van der Waals surface area (Å²) in [5.41, 5.74) is -0.611. The second kappa shape index (κ2) is 2.02. The molecule has 50 valence electrons. The molecule has 9 heavy (non-hydrogen) atoms. The van der Waals surface area contributed by atoms with Crippen LogP contribution in [0.1, 0.15) is 0 Å². The van der Waals surface area contributed by atoms with Gasteiger partial charge in [0.15, 0.2) is 0 Å². The molecule has 0 fully saturated rings. The Bertz CT molecular complexity index is 181. The lowest BCUT2D eigenvalue weighted by Crippen LogP contribution is -2.32. The molecule has 1 aromatic heterocycles. The van der Waals surface area contributed by atoms with Gasteiger partial charge in [-0.15, -0.1) is 0 Å². The van der Waals surface area contributed by atoms with E-state index in [1.165, 1.54) is 0 Å². The molecular weight excluding hydrogens is 150 g/mol. The summed E-state index contributed by atoms with van der Waals surface area (Å²) in [6.45, 7) is -4.82. The SMILES string of the molecule is F[B-](F)(F)c1cnsc1. The maximum Gasteiger partial charge on any atom is 0.512 e. The molecule has 0 unspecified atom stereocenters. The third-order valence-electron chi connectivity index (χ3n) is 0.829. The van der Waals surface area contributed by atoms with Crippen molar-refractivity contribution in [1.82, 2.24) is 4.37 Å². The van der Waals surface area contributed by atoms with E-state index in [2.05, 4.69) is 4.37 Å². The quantitative estimate of drug-likeness (QED) is 0.550. The molecule has 6 heteroatoms. The van der Waals surface area contributed by atoms with Crippen molar-refractivity contribution < 1.29 is 12.9 Å². The van der Waals surface area contributed by atoms with Gasteiger partial charge in [-0.25, -0.2) is 4.37 Å². The van der Waals surface area contributed by atoms with Crippen molar-refractivity contribution >= 4 is 24.0 Å². The highest BCUT2D eigenvalue weighted by molar-refractivity contribution is 7.05. The average molecular weight is 152 g/mol. The lowest BCUT2D eigenvalue weighted by molar-refractivity contribution is 0.501. The minimum absolute atomic E-state index is 0.611. The number of hydrogen-bond acceptors (Lipinski definition) is 2. The zero-order chi connectivity index (χ0) is 6.91. The van der Waals surface area contributed by atoms with E-state index in [4.69, 9.17) is 0 Å². The van der Waals surface area contributed by atoms with E-state index in [-0.39, 0.29) is 0 Å². The van der Waals surface area contributed by atoms with Crippen LogP contribution in [0.25, 0.3) is 0 Å². The van der Waals surface area contributed by atoms with Crippen LogP contribution in [-0.4, -0.2) is 11.4 Å². The molecule has 0 spiro atoms. The van der Waals surface area contributed by atoms with Gasteiger partial charge in [0.1, 0.15) is 0 Å². The van der Waals surface area contributed by atoms with Gasteiger partial charge < -0.3 is 12.9 Å². The van der Waals surface area contributed by atoms with Gasteiger partial charge in [0.25, 0.3) is 0 Å². The molecule has 0 saturated carbocycles. The van der Waals surface area contributed by atoms with E-state index in [1.807, 2.05) is 0 Å². The average Bonchev–Trinajstić information content (AvgIpc) is 2.08. The smallest absolute Gasteiger partial charge is 0.445 e. The second-order valence-corrected chi connectivity index (χ2v) is 2.19. The normalized spacial score (nSPS) is 11.9. The molecule has 0 radical (unpaired) electrons. The Morgan fingerprint density at radius 2 is 2.11 bits per heavy atom. The van der Waals surface area contributed by atoms with Gasteiger partial charge in [0.05, 0.1) is 0 Å². The Balaban J connectivity index is 2.90. The first-order valence-corrected chi connectivity index (χ1v) is 3.03. The highest BCUT2D eigenvalue weighted by atomic mass is 32.1. The highest BCUT2D eigenvalue weighted by Gasteiger charge is 2.25. The van der Waals surface area contributed by atoms with Gasteiger partial charge in [-0.1, -0.05) is 5.46 Å². The molecule has 0 N–H and O–H groups in total. The lowest BCUT2D eigenvalue weighted by Gasteiger charge is -2.09. The Hall–Kier alpha value is -0.515. The standard InChI is InChI=1S/C3H2BF3NS/c5-4(6,7)3-1-8-9-2-3/h1-2H/q-1. The largest absolute Gasteiger partial charge is 0.512 e. The van der Waals surface area contributed by atoms with Gasteiger partial charge in [0.2, 0.25) is 0 Å². The van der Waals surface area contributed by atoms with Gasteiger partial charge in [-0.3, -0.25) is 0 Å². The molecule has 1 rings (SSSR count). The number of halogens is 3. The van der Waals surface area contributed by atoms with Crippen LogP contribution in [0.5, 0.6) is 0 Å². The fourth-order valence-corrected chi connectivity index (χ4v) is 0.955. The summed E-state index contributed by atoms with van der Waals surface area (Å²) in [7, 11) is 0. The maximum absolute atomic E-state index is 11.7. The van der Waals surface area contributed by atoms with Crippen molar-refractivity contribution in [3.05, 3.63) is 11.6 Å². The van der Waals surface area contributed by atoms with Crippen molar-refractivity contribution in [1.29, 1.82) is 0 Å². The number of rotatable bonds is 1. The monoisotopic (exact) mass is 152 g/mol. The summed E-state index contributed by atoms with van der Waals surface area (Å²) < 4.78 is 38.3. The fraction of sp³-hybridized carbons (Fsp3) is 0. The van der Waals surface area contributed by atoms with Crippen LogP contribution in [0.2, 0.25) is 0 Å². The zero-order valence-electron chi connectivity index (χ0n) is 4.22. The predicted octanol–water partition coefficient (Wildman–Crippen LogP) is 1.20. The molecule has 0 aliphatic heterocycles. The minimum atomic E-state index is -4.82. The summed E-state index contributed by atoms with van der Waals surface area (Å²) in [6.07, 6.45) is 0.838. The predicted molar refractivity (Wildman–Crippen MR) is 30.8 cm³/mol. The van der Waals surface area contributed by atoms with E-state index in [1.54, 1.807) is 0 Å². The van der Waals surface area contributed by atoms with Gasteiger partial charge in [-0.05, 0) is 16.9 Å². The second-order valence-electron chi connectivity index (χ2n) is 1.53. The van der Waals surface area contributed by atoms with Crippen molar-refractivity contribution in [2.24, 2.45) is 0 Å². The fourth-order valence-electron chi connectivity index (χ4n) is 0.375. The third-order valence-corrected chi connectivity index (χ3v) is 1.43. The molecule has 0 bridgehead atoms. The molecular formula is C3H2BF3NS-. The molecule has 0 aliphatic carbocycles. The molecule has 0 amide bonds. The maximum atomic E-state index is 11.7. The van der Waals surface area contributed by atoms with E-state index in [9.17, 15) is 12.9 Å². The van der Waals surface area contributed by atoms with E-state index in [0.29, 0.717) is 0 Å². The number of hydrogen-bond donors (Lipinski definition) is 0. The summed E-state index contributed by atoms with van der Waals surface area (Å²) in [6, 6.07) is 0. The molecule has 0 aliphatic rings. The molecule has 1 heterocycles. The Morgan fingerprint density at radius 3 is 2.33 bits per heavy atom. The van der Waals surface area contributed by atoms with E-state index >= 15 is 0 Å². The first-order chi connectivity index (χ1) is 4.11. The topological polar surface area (TPSA) is 12.9 Å². The van der Waals surface area contributed by atoms with E-state index in [0.717, 1.165) is 23.1 Å². The lowest BCUT2D eigenvalue weighted by atomic mass is 9.83. The van der Waals surface area contributed by atoms with Crippen molar-refractivity contribution in [3.8, 4) is 0 Å². The Morgan fingerprint density at radius 1 is 1.44 bits per heavy atom. The first-order valence-electron chi connectivity index (χ1n) is 2.20. The first kappa shape index (κ1) is 6.60. The van der Waals surface area contributed by atoms with Crippen LogP contribution in [0.4, 0.5) is 12.9 Å². The van der Waals surface area contributed by atoms with Crippen LogP contribution >= 0.6 is 11.5 Å². The van der Waals surface area contributed by atoms with Crippen LogP contribution in [0.3, 0.4) is 0 Å². The molecule has 0 atom stereocenters. The van der Waals surface area contributed by atoms with Crippen LogP contribution in [0.15, 0.2) is 11.6 Å². The van der Waals surface area contributed by atoms with Crippen LogP contribution in [0, 0.1) is 0 Å². The molecule has 1 nitrogen and oxygen atoms in total. The van der Waals surface area contributed by atoms with Gasteiger partial charge in [-0.2, -0.15) is 0 Å². The van der Waals surface area contributed by atoms with Crippen LogP contribution < -0.4 is 5.46 Å². The van der Waals surface area contributed by atoms with Crippen LogP contribution in [-0.2, 0) is 0 Å². The Labute approximate surface area is 53.7 Å². The third kappa shape index (κ3) is 1.44. The van der Waals surface area contributed by atoms with Crippen molar-refractivity contribution in [2.75, 3.05) is 0 Å². The molecule has 0 saturated heterocycles. The minimum Gasteiger partial charge on any atom is -0.445 e. The number of nitrogens with zero attached hydrogens (tertiary/aromatic N) is 1. The van der Waals surface area contributed by atoms with E-state index < -0.39 is 12.4 Å². The van der Waals surface area contributed by atoms with Gasteiger partial charge in [0, 0.05) is 6.20 Å². The number of aromatic nitrogens is 1. The summed E-state index contributed by atoms with van der Waals surface area (Å²) >= 11 is 0.812. The highest BCUT2D eigenvalue weighted by Crippen LogP contribution is 2.08. The molecule has 0 aromatic carbocycles. The summed E-state index contributed by atoms with van der Waals surface area (Å²) in [5, 5.41) is 1.00. The molecule has 1 aromatic rings. The van der Waals surface area contributed by atoms with Gasteiger partial charge >= 0.3 is 6.98 Å².